The van der Waals surface area contributed by atoms with Gasteiger partial charge in [-0.1, -0.05) is 164 Å². The molecule has 10 aromatic carbocycles. The third-order valence-electron chi connectivity index (χ3n) is 12.2. The lowest BCUT2D eigenvalue weighted by atomic mass is 9.98. The summed E-state index contributed by atoms with van der Waals surface area (Å²) in [6.07, 6.45) is 0. The fourth-order valence-corrected chi connectivity index (χ4v) is 10.4. The van der Waals surface area contributed by atoms with Gasteiger partial charge >= 0.3 is 0 Å². The van der Waals surface area contributed by atoms with Crippen molar-refractivity contribution < 1.29 is 0 Å². The molecule has 0 fully saturated rings. The van der Waals surface area contributed by atoms with Gasteiger partial charge in [0.15, 0.2) is 0 Å². The molecule has 0 unspecified atom stereocenters. The van der Waals surface area contributed by atoms with Gasteiger partial charge in [-0.25, -0.2) is 0 Å². The van der Waals surface area contributed by atoms with Gasteiger partial charge in [0.05, 0.1) is 11.0 Å². The smallest absolute Gasteiger partial charge is 0.0619 e. The monoisotopic (exact) mass is 794 g/mol. The molecule has 0 radical (unpaired) electrons. The highest BCUT2D eigenvalue weighted by Crippen LogP contribution is 2.43. The van der Waals surface area contributed by atoms with Crippen LogP contribution >= 0.6 is 11.3 Å². The van der Waals surface area contributed by atoms with Gasteiger partial charge in [0.25, 0.3) is 0 Å². The number of fused-ring (bicyclic) bond motifs is 8. The van der Waals surface area contributed by atoms with Gasteiger partial charge in [-0.3, -0.25) is 0 Å². The molecule has 286 valence electrons. The van der Waals surface area contributed by atoms with Crippen molar-refractivity contribution in [2.24, 2.45) is 0 Å². The standard InChI is InChI=1S/C58H38N2S/c1-4-12-39(13-5-1)41-20-27-47(28-21-41)59(48-29-22-42(23-30-48)40-14-6-2-7-15-40)49-31-35-53-52-33-25-44(37-56(52)61-57(53)38-49)43-24-32-50-45(36-43)26-34-54-51-18-10-11-19-55(51)60(58(50)54)46-16-8-3-9-17-46/h1-38H. The van der Waals surface area contributed by atoms with E-state index >= 15 is 0 Å². The van der Waals surface area contributed by atoms with E-state index in [4.69, 9.17) is 0 Å². The van der Waals surface area contributed by atoms with Crippen molar-refractivity contribution in [3.8, 4) is 39.1 Å². The second-order valence-electron chi connectivity index (χ2n) is 15.7. The highest BCUT2D eigenvalue weighted by molar-refractivity contribution is 7.25. The fraction of sp³-hybridized carbons (Fsp3) is 0. The summed E-state index contributed by atoms with van der Waals surface area (Å²) < 4.78 is 4.98. The van der Waals surface area contributed by atoms with Gasteiger partial charge in [-0.15, -0.1) is 11.3 Å². The first-order valence-corrected chi connectivity index (χ1v) is 21.6. The molecule has 0 N–H and O–H groups in total. The number of nitrogens with zero attached hydrogens (tertiary/aromatic N) is 2. The summed E-state index contributed by atoms with van der Waals surface area (Å²) in [5.74, 6) is 0. The van der Waals surface area contributed by atoms with Crippen molar-refractivity contribution >= 4 is 81.1 Å². The lowest BCUT2D eigenvalue weighted by molar-refractivity contribution is 1.19. The molecular formula is C58H38N2S. The number of aromatic nitrogens is 1. The Kier molecular flexibility index (Phi) is 8.39. The van der Waals surface area contributed by atoms with Gasteiger partial charge in [-0.05, 0) is 105 Å². The third-order valence-corrected chi connectivity index (χ3v) is 13.3. The molecule has 0 amide bonds. The molecule has 2 nitrogen and oxygen atoms in total. The summed E-state index contributed by atoms with van der Waals surface area (Å²) in [5, 5.41) is 7.61. The van der Waals surface area contributed by atoms with Crippen LogP contribution in [0.5, 0.6) is 0 Å². The van der Waals surface area contributed by atoms with Crippen LogP contribution in [0, 0.1) is 0 Å². The number of benzene rings is 10. The van der Waals surface area contributed by atoms with E-state index in [-0.39, 0.29) is 0 Å². The molecule has 12 rings (SSSR count). The van der Waals surface area contributed by atoms with Gasteiger partial charge in [0.1, 0.15) is 0 Å². The second kappa shape index (κ2) is 14.5. The van der Waals surface area contributed by atoms with Gasteiger partial charge in [-0.2, -0.15) is 0 Å². The normalized spacial score (nSPS) is 11.6. The third kappa shape index (κ3) is 6.09. The van der Waals surface area contributed by atoms with Crippen molar-refractivity contribution in [1.82, 2.24) is 4.57 Å². The van der Waals surface area contributed by atoms with Crippen molar-refractivity contribution in [2.45, 2.75) is 0 Å². The van der Waals surface area contributed by atoms with Gasteiger partial charge < -0.3 is 9.47 Å². The van der Waals surface area contributed by atoms with Crippen LogP contribution in [-0.2, 0) is 0 Å². The Bertz CT molecular complexity index is 3470. The Morgan fingerprint density at radius 2 is 0.787 bits per heavy atom. The van der Waals surface area contributed by atoms with E-state index in [2.05, 4.69) is 240 Å². The average molecular weight is 795 g/mol. The molecule has 0 saturated heterocycles. The molecule has 0 saturated carbocycles. The SMILES string of the molecule is c1ccc(-c2ccc(N(c3ccc(-c4ccccc4)cc3)c3ccc4c(c3)sc3cc(-c5ccc6c(ccc7c8ccccc8n(-c8ccccc8)c67)c5)ccc34)cc2)cc1. The second-order valence-corrected chi connectivity index (χ2v) is 16.8. The number of anilines is 3. The minimum atomic E-state index is 1.12. The molecule has 3 heteroatoms. The van der Waals surface area contributed by atoms with Crippen molar-refractivity contribution in [3.05, 3.63) is 231 Å². The summed E-state index contributed by atoms with van der Waals surface area (Å²) in [6.45, 7) is 0. The van der Waals surface area contributed by atoms with E-state index in [1.165, 1.54) is 91.8 Å². The van der Waals surface area contributed by atoms with Crippen LogP contribution in [0.4, 0.5) is 17.1 Å². The maximum atomic E-state index is 2.42. The average Bonchev–Trinajstić information content (AvgIpc) is 3.88. The summed E-state index contributed by atoms with van der Waals surface area (Å²) in [7, 11) is 0. The molecular weight excluding hydrogens is 757 g/mol. The Labute approximate surface area is 358 Å². The number of hydrogen-bond donors (Lipinski definition) is 0. The minimum Gasteiger partial charge on any atom is -0.310 e. The van der Waals surface area contributed by atoms with Crippen LogP contribution in [0.1, 0.15) is 0 Å². The molecule has 0 aliphatic heterocycles. The lowest BCUT2D eigenvalue weighted by Crippen LogP contribution is -2.09. The van der Waals surface area contributed by atoms with E-state index in [0.717, 1.165) is 17.1 Å². The predicted molar refractivity (Wildman–Crippen MR) is 262 cm³/mol. The Balaban J connectivity index is 0.935. The zero-order valence-corrected chi connectivity index (χ0v) is 34.1. The van der Waals surface area contributed by atoms with Crippen LogP contribution in [0.15, 0.2) is 231 Å². The fourth-order valence-electron chi connectivity index (χ4n) is 9.21. The predicted octanol–water partition coefficient (Wildman–Crippen LogP) is 16.8. The quantitative estimate of drug-likeness (QED) is 0.156. The molecule has 0 aliphatic rings. The summed E-state index contributed by atoms with van der Waals surface area (Å²) in [6, 6.07) is 84.0. The first-order chi connectivity index (χ1) is 30.2. The van der Waals surface area contributed by atoms with Crippen molar-refractivity contribution in [2.75, 3.05) is 4.90 Å². The van der Waals surface area contributed by atoms with Crippen LogP contribution in [0.25, 0.3) is 91.8 Å². The zero-order chi connectivity index (χ0) is 40.3. The van der Waals surface area contributed by atoms with Crippen molar-refractivity contribution in [1.29, 1.82) is 0 Å². The highest BCUT2D eigenvalue weighted by Gasteiger charge is 2.18. The number of thiophene rings is 1. The largest absolute Gasteiger partial charge is 0.310 e. The summed E-state index contributed by atoms with van der Waals surface area (Å²) in [5.41, 5.74) is 14.3. The Morgan fingerprint density at radius 1 is 0.311 bits per heavy atom. The first kappa shape index (κ1) is 35.2. The number of rotatable bonds is 7. The maximum Gasteiger partial charge on any atom is 0.0619 e. The molecule has 61 heavy (non-hydrogen) atoms. The first-order valence-electron chi connectivity index (χ1n) is 20.8. The highest BCUT2D eigenvalue weighted by atomic mass is 32.1. The van der Waals surface area contributed by atoms with E-state index in [9.17, 15) is 0 Å². The molecule has 2 heterocycles. The van der Waals surface area contributed by atoms with Gasteiger partial charge in [0, 0.05) is 59.1 Å². The number of para-hydroxylation sites is 2. The lowest BCUT2D eigenvalue weighted by Gasteiger charge is -2.26. The molecule has 2 aromatic heterocycles. The van der Waals surface area contributed by atoms with E-state index in [0.29, 0.717) is 0 Å². The van der Waals surface area contributed by atoms with E-state index < -0.39 is 0 Å². The zero-order valence-electron chi connectivity index (χ0n) is 33.2. The van der Waals surface area contributed by atoms with E-state index in [1.807, 2.05) is 11.3 Å². The van der Waals surface area contributed by atoms with Gasteiger partial charge in [0.2, 0.25) is 0 Å². The molecule has 12 aromatic rings. The van der Waals surface area contributed by atoms with Crippen LogP contribution < -0.4 is 4.90 Å². The number of hydrogen-bond acceptors (Lipinski definition) is 2. The van der Waals surface area contributed by atoms with Crippen molar-refractivity contribution in [3.63, 3.8) is 0 Å². The maximum absolute atomic E-state index is 2.42. The molecule has 0 bridgehead atoms. The van der Waals surface area contributed by atoms with Crippen LogP contribution in [0.2, 0.25) is 0 Å². The Morgan fingerprint density at radius 3 is 1.44 bits per heavy atom. The minimum absolute atomic E-state index is 1.12. The molecule has 0 spiro atoms. The summed E-state index contributed by atoms with van der Waals surface area (Å²) >= 11 is 1.87. The summed E-state index contributed by atoms with van der Waals surface area (Å²) in [4.78, 5) is 2.38. The topological polar surface area (TPSA) is 8.17 Å². The Hall–Kier alpha value is -7.72. The molecule has 0 atom stereocenters. The van der Waals surface area contributed by atoms with Crippen LogP contribution in [-0.4, -0.2) is 4.57 Å². The van der Waals surface area contributed by atoms with Crippen LogP contribution in [0.3, 0.4) is 0 Å². The molecule has 0 aliphatic carbocycles. The van der Waals surface area contributed by atoms with E-state index in [1.54, 1.807) is 0 Å².